The van der Waals surface area contributed by atoms with Crippen LogP contribution < -0.4 is 15.0 Å². The number of carbonyl (C=O) groups excluding carboxylic acids is 1. The van der Waals surface area contributed by atoms with Gasteiger partial charge in [0.15, 0.2) is 11.6 Å². The third-order valence-electron chi connectivity index (χ3n) is 7.52. The Labute approximate surface area is 253 Å². The Bertz CT molecular complexity index is 1770. The zero-order valence-corrected chi connectivity index (χ0v) is 25.0. The van der Waals surface area contributed by atoms with Crippen molar-refractivity contribution in [1.29, 1.82) is 0 Å². The minimum atomic E-state index is -1.03. The standard InChI is InChI=1S/C33H31ClFN3O5/c1-18-28(36-19(2)43-18)32(40)38-26-9-6-10-27(39)29(26)37-25-15-33(3,4)17-42-31(25)30(38)23-12-11-22(14-24(23)35)41-16-20-7-5-8-21(34)13-20/h5-14,30,37,39H,15-17H2,1-4H3. The monoisotopic (exact) mass is 603 g/mol. The van der Waals surface area contributed by atoms with Crippen molar-refractivity contribution in [3.63, 3.8) is 0 Å². The summed E-state index contributed by atoms with van der Waals surface area (Å²) < 4.78 is 34.0. The molecule has 0 bridgehead atoms. The quantitative estimate of drug-likeness (QED) is 0.224. The van der Waals surface area contributed by atoms with Crippen LogP contribution in [0.3, 0.4) is 0 Å². The number of rotatable bonds is 5. The molecule has 10 heteroatoms. The highest BCUT2D eigenvalue weighted by molar-refractivity contribution is 6.30. The van der Waals surface area contributed by atoms with E-state index in [2.05, 4.69) is 24.1 Å². The number of benzene rings is 3. The molecule has 6 rings (SSSR count). The minimum absolute atomic E-state index is 0.0653. The number of aromatic hydroxyl groups is 1. The molecule has 8 nitrogen and oxygen atoms in total. The van der Waals surface area contributed by atoms with E-state index in [0.29, 0.717) is 58.3 Å². The number of hydrogen-bond acceptors (Lipinski definition) is 7. The van der Waals surface area contributed by atoms with E-state index in [1.807, 2.05) is 12.1 Å². The van der Waals surface area contributed by atoms with Crippen molar-refractivity contribution in [3.8, 4) is 11.5 Å². The second-order valence-corrected chi connectivity index (χ2v) is 12.0. The summed E-state index contributed by atoms with van der Waals surface area (Å²) in [5.41, 5.74) is 2.15. The number of carbonyl (C=O) groups is 1. The van der Waals surface area contributed by atoms with E-state index in [9.17, 15) is 9.90 Å². The number of para-hydroxylation sites is 1. The SMILES string of the molecule is Cc1nc(C(=O)N2c3cccc(O)c3NC3=C(OCC(C)(C)C3)C2c2ccc(OCc3cccc(Cl)c3)cc2F)c(C)o1. The molecule has 0 fully saturated rings. The molecule has 4 aromatic rings. The molecule has 0 saturated carbocycles. The summed E-state index contributed by atoms with van der Waals surface area (Å²) in [6, 6.07) is 15.6. The molecule has 1 unspecified atom stereocenters. The van der Waals surface area contributed by atoms with E-state index in [1.165, 1.54) is 17.0 Å². The van der Waals surface area contributed by atoms with Crippen molar-refractivity contribution in [2.24, 2.45) is 5.41 Å². The zero-order valence-electron chi connectivity index (χ0n) is 24.2. The van der Waals surface area contributed by atoms with Crippen molar-refractivity contribution in [3.05, 3.63) is 111 Å². The summed E-state index contributed by atoms with van der Waals surface area (Å²) in [6.45, 7) is 7.96. The molecule has 3 heterocycles. The van der Waals surface area contributed by atoms with Crippen LogP contribution in [0.15, 0.2) is 76.5 Å². The predicted molar refractivity (Wildman–Crippen MR) is 161 cm³/mol. The number of ether oxygens (including phenoxy) is 2. The average Bonchev–Trinajstić information content (AvgIpc) is 3.22. The molecule has 0 radical (unpaired) electrons. The number of halogens is 2. The Hall–Kier alpha value is -4.50. The van der Waals surface area contributed by atoms with Crippen LogP contribution in [0.1, 0.15) is 59.6 Å². The number of aromatic nitrogens is 1. The van der Waals surface area contributed by atoms with Crippen molar-refractivity contribution in [2.45, 2.75) is 46.8 Å². The molecular formula is C33H31ClFN3O5. The third kappa shape index (κ3) is 5.52. The van der Waals surface area contributed by atoms with Crippen molar-refractivity contribution in [2.75, 3.05) is 16.8 Å². The van der Waals surface area contributed by atoms with Crippen LogP contribution in [-0.2, 0) is 11.3 Å². The first-order chi connectivity index (χ1) is 20.5. The second kappa shape index (κ2) is 11.0. The van der Waals surface area contributed by atoms with E-state index in [-0.39, 0.29) is 29.0 Å². The van der Waals surface area contributed by atoms with Crippen LogP contribution in [0.4, 0.5) is 15.8 Å². The first-order valence-electron chi connectivity index (χ1n) is 13.9. The maximum atomic E-state index is 16.2. The normalized spacial score (nSPS) is 17.3. The van der Waals surface area contributed by atoms with Gasteiger partial charge in [-0.05, 0) is 55.3 Å². The van der Waals surface area contributed by atoms with Crippen LogP contribution in [0, 0.1) is 25.1 Å². The Morgan fingerprint density at radius 2 is 1.98 bits per heavy atom. The lowest BCUT2D eigenvalue weighted by molar-refractivity contribution is 0.0756. The Morgan fingerprint density at radius 1 is 1.19 bits per heavy atom. The summed E-state index contributed by atoms with van der Waals surface area (Å²) in [7, 11) is 0. The lowest BCUT2D eigenvalue weighted by atomic mass is 9.85. The van der Waals surface area contributed by atoms with Gasteiger partial charge in [0, 0.05) is 29.0 Å². The number of oxazole rings is 1. The summed E-state index contributed by atoms with van der Waals surface area (Å²) in [5.74, 6) is 0.151. The second-order valence-electron chi connectivity index (χ2n) is 11.6. The summed E-state index contributed by atoms with van der Waals surface area (Å²) in [5, 5.41) is 14.9. The van der Waals surface area contributed by atoms with Crippen molar-refractivity contribution >= 4 is 28.9 Å². The summed E-state index contributed by atoms with van der Waals surface area (Å²) in [4.78, 5) is 20.1. The number of fused-ring (bicyclic) bond motifs is 1. The molecule has 1 atom stereocenters. The minimum Gasteiger partial charge on any atom is -0.506 e. The number of amides is 1. The maximum absolute atomic E-state index is 16.2. The fourth-order valence-electron chi connectivity index (χ4n) is 5.55. The van der Waals surface area contributed by atoms with Gasteiger partial charge in [0.1, 0.15) is 47.2 Å². The van der Waals surface area contributed by atoms with Gasteiger partial charge in [0.05, 0.1) is 18.0 Å². The van der Waals surface area contributed by atoms with Crippen LogP contribution in [-0.4, -0.2) is 22.6 Å². The molecule has 0 aliphatic carbocycles. The fraction of sp³-hybridized carbons (Fsp3) is 0.273. The van der Waals surface area contributed by atoms with E-state index >= 15 is 4.39 Å². The molecule has 2 N–H and O–H groups in total. The summed E-state index contributed by atoms with van der Waals surface area (Å²) >= 11 is 6.09. The van der Waals surface area contributed by atoms with Gasteiger partial charge in [-0.2, -0.15) is 0 Å². The number of hydrogen-bond donors (Lipinski definition) is 2. The highest BCUT2D eigenvalue weighted by Gasteiger charge is 2.43. The van der Waals surface area contributed by atoms with Crippen molar-refractivity contribution < 1.29 is 28.2 Å². The van der Waals surface area contributed by atoms with Gasteiger partial charge in [-0.1, -0.05) is 43.6 Å². The molecule has 3 aromatic carbocycles. The van der Waals surface area contributed by atoms with E-state index < -0.39 is 17.8 Å². The number of allylic oxidation sites excluding steroid dienone is 1. The van der Waals surface area contributed by atoms with Gasteiger partial charge in [0.25, 0.3) is 5.91 Å². The van der Waals surface area contributed by atoms with Gasteiger partial charge in [-0.25, -0.2) is 9.37 Å². The molecular weight excluding hydrogens is 573 g/mol. The van der Waals surface area contributed by atoms with Crippen LogP contribution in [0.25, 0.3) is 0 Å². The van der Waals surface area contributed by atoms with Crippen LogP contribution in [0.2, 0.25) is 5.02 Å². The number of nitrogens with zero attached hydrogens (tertiary/aromatic N) is 2. The van der Waals surface area contributed by atoms with Gasteiger partial charge in [0.2, 0.25) is 0 Å². The highest BCUT2D eigenvalue weighted by atomic mass is 35.5. The molecule has 43 heavy (non-hydrogen) atoms. The van der Waals surface area contributed by atoms with Gasteiger partial charge >= 0.3 is 0 Å². The topological polar surface area (TPSA) is 97.1 Å². The molecule has 2 aliphatic heterocycles. The molecule has 1 amide bonds. The third-order valence-corrected chi connectivity index (χ3v) is 7.75. The van der Waals surface area contributed by atoms with Crippen LogP contribution in [0.5, 0.6) is 11.5 Å². The van der Waals surface area contributed by atoms with E-state index in [0.717, 1.165) is 5.56 Å². The average molecular weight is 604 g/mol. The molecule has 0 spiro atoms. The lowest BCUT2D eigenvalue weighted by Crippen LogP contribution is -2.39. The molecule has 0 saturated heterocycles. The van der Waals surface area contributed by atoms with E-state index in [4.69, 9.17) is 25.5 Å². The molecule has 1 aromatic heterocycles. The van der Waals surface area contributed by atoms with Crippen molar-refractivity contribution in [1.82, 2.24) is 4.98 Å². The van der Waals surface area contributed by atoms with E-state index in [1.54, 1.807) is 50.2 Å². The Kier molecular flexibility index (Phi) is 7.30. The first-order valence-corrected chi connectivity index (χ1v) is 14.3. The lowest BCUT2D eigenvalue weighted by Gasteiger charge is -2.37. The smallest absolute Gasteiger partial charge is 0.281 e. The van der Waals surface area contributed by atoms with Gasteiger partial charge < -0.3 is 24.3 Å². The predicted octanol–water partition coefficient (Wildman–Crippen LogP) is 7.84. The van der Waals surface area contributed by atoms with Gasteiger partial charge in [-0.3, -0.25) is 9.69 Å². The summed E-state index contributed by atoms with van der Waals surface area (Å²) in [6.07, 6.45) is 0.541. The number of aryl methyl sites for hydroxylation is 2. The Morgan fingerprint density at radius 3 is 2.70 bits per heavy atom. The number of phenolic OH excluding ortho intramolecular Hbond substituents is 1. The highest BCUT2D eigenvalue weighted by Crippen LogP contribution is 2.50. The largest absolute Gasteiger partial charge is 0.506 e. The van der Waals surface area contributed by atoms with Gasteiger partial charge in [-0.15, -0.1) is 0 Å². The van der Waals surface area contributed by atoms with Crippen LogP contribution >= 0.6 is 11.6 Å². The maximum Gasteiger partial charge on any atom is 0.281 e. The molecule has 2 aliphatic rings. The zero-order chi connectivity index (χ0) is 30.5. The number of anilines is 2. The molecule has 222 valence electrons. The Balaban J connectivity index is 1.49. The number of phenols is 1. The first kappa shape index (κ1) is 28.6. The number of nitrogens with one attached hydrogen (secondary N) is 1. The fourth-order valence-corrected chi connectivity index (χ4v) is 5.77.